The number of rotatable bonds is 5. The van der Waals surface area contributed by atoms with E-state index >= 15 is 0 Å². The number of hydrogen-bond acceptors (Lipinski definition) is 5. The Labute approximate surface area is 87.1 Å². The molecule has 0 aromatic heterocycles. The molecule has 5 heteroatoms. The molecule has 0 bridgehead atoms. The van der Waals surface area contributed by atoms with Crippen LogP contribution in [0.3, 0.4) is 0 Å². The van der Waals surface area contributed by atoms with Crippen molar-refractivity contribution >= 4 is 5.97 Å². The largest absolute Gasteiger partial charge is 0.482 e. The molecule has 1 aromatic carbocycles. The summed E-state index contributed by atoms with van der Waals surface area (Å²) in [7, 11) is 1.30. The fraction of sp³-hybridized carbons (Fsp3) is 0.300. The summed E-state index contributed by atoms with van der Waals surface area (Å²) >= 11 is 0. The number of benzene rings is 1. The molecule has 82 valence electrons. The van der Waals surface area contributed by atoms with Crippen molar-refractivity contribution in [3.05, 3.63) is 29.8 Å². The average Bonchev–Trinajstić information content (AvgIpc) is 2.28. The van der Waals surface area contributed by atoms with Gasteiger partial charge in [0.25, 0.3) is 0 Å². The fourth-order valence-corrected chi connectivity index (χ4v) is 0.958. The van der Waals surface area contributed by atoms with E-state index in [-0.39, 0.29) is 13.2 Å². The van der Waals surface area contributed by atoms with Crippen LogP contribution in [0.2, 0.25) is 0 Å². The summed E-state index contributed by atoms with van der Waals surface area (Å²) in [5.41, 5.74) is 0.808. The molecule has 0 fully saturated rings. The lowest BCUT2D eigenvalue weighted by Gasteiger charge is -2.05. The predicted octanol–water partition coefficient (Wildman–Crippen LogP) is 1.23. The van der Waals surface area contributed by atoms with Gasteiger partial charge in [-0.25, -0.2) is 9.68 Å². The normalized spacial score (nSPS) is 9.73. The highest BCUT2D eigenvalue weighted by molar-refractivity contribution is 5.70. The molecular weight excluding hydrogens is 200 g/mol. The van der Waals surface area contributed by atoms with Gasteiger partial charge in [0.2, 0.25) is 0 Å². The van der Waals surface area contributed by atoms with Crippen LogP contribution < -0.4 is 4.74 Å². The number of carbonyl (C=O) groups excluding carboxylic acids is 1. The smallest absolute Gasteiger partial charge is 0.343 e. The monoisotopic (exact) mass is 212 g/mol. The second kappa shape index (κ2) is 6.00. The van der Waals surface area contributed by atoms with Crippen molar-refractivity contribution in [1.82, 2.24) is 0 Å². The van der Waals surface area contributed by atoms with Gasteiger partial charge in [-0.3, -0.25) is 5.26 Å². The lowest BCUT2D eigenvalue weighted by molar-refractivity contribution is -0.253. The van der Waals surface area contributed by atoms with E-state index in [0.717, 1.165) is 5.56 Å². The summed E-state index contributed by atoms with van der Waals surface area (Å²) in [6.07, 6.45) is 0. The van der Waals surface area contributed by atoms with Crippen molar-refractivity contribution in [3.63, 3.8) is 0 Å². The van der Waals surface area contributed by atoms with Gasteiger partial charge in [0.1, 0.15) is 12.4 Å². The fourth-order valence-electron chi connectivity index (χ4n) is 0.958. The molecule has 0 unspecified atom stereocenters. The molecule has 0 heterocycles. The minimum absolute atomic E-state index is 0.119. The van der Waals surface area contributed by atoms with Crippen LogP contribution in [0.1, 0.15) is 5.56 Å². The summed E-state index contributed by atoms with van der Waals surface area (Å²) in [5.74, 6) is 0.125. The minimum atomic E-state index is -0.433. The van der Waals surface area contributed by atoms with E-state index in [2.05, 4.69) is 9.62 Å². The van der Waals surface area contributed by atoms with Crippen LogP contribution in [0.4, 0.5) is 0 Å². The molecular formula is C10H12O5. The van der Waals surface area contributed by atoms with E-state index in [1.807, 2.05) is 0 Å². The van der Waals surface area contributed by atoms with Gasteiger partial charge in [-0.2, -0.15) is 0 Å². The average molecular weight is 212 g/mol. The lowest BCUT2D eigenvalue weighted by atomic mass is 10.2. The van der Waals surface area contributed by atoms with Crippen LogP contribution in [-0.2, 0) is 21.0 Å². The van der Waals surface area contributed by atoms with Crippen molar-refractivity contribution in [2.45, 2.75) is 6.61 Å². The molecule has 0 saturated carbocycles. The maximum atomic E-state index is 10.8. The first-order chi connectivity index (χ1) is 7.26. The summed E-state index contributed by atoms with van der Waals surface area (Å²) in [5, 5.41) is 8.20. The molecule has 0 aliphatic rings. The zero-order valence-electron chi connectivity index (χ0n) is 8.30. The van der Waals surface area contributed by atoms with Crippen LogP contribution in [0.5, 0.6) is 5.75 Å². The third kappa shape index (κ3) is 3.97. The van der Waals surface area contributed by atoms with Gasteiger partial charge < -0.3 is 9.47 Å². The first kappa shape index (κ1) is 11.5. The van der Waals surface area contributed by atoms with Gasteiger partial charge in [0.05, 0.1) is 7.11 Å². The molecule has 0 saturated heterocycles. The molecule has 0 atom stereocenters. The first-order valence-electron chi connectivity index (χ1n) is 4.31. The third-order valence-electron chi connectivity index (χ3n) is 1.74. The predicted molar refractivity (Wildman–Crippen MR) is 51.4 cm³/mol. The van der Waals surface area contributed by atoms with E-state index in [4.69, 9.17) is 9.99 Å². The molecule has 1 aromatic rings. The highest BCUT2D eigenvalue weighted by atomic mass is 17.1. The zero-order chi connectivity index (χ0) is 11.1. The first-order valence-corrected chi connectivity index (χ1v) is 4.31. The number of ether oxygens (including phenoxy) is 2. The third-order valence-corrected chi connectivity index (χ3v) is 1.74. The van der Waals surface area contributed by atoms with Crippen LogP contribution >= 0.6 is 0 Å². The van der Waals surface area contributed by atoms with Crippen molar-refractivity contribution in [2.24, 2.45) is 0 Å². The quantitative estimate of drug-likeness (QED) is 0.451. The summed E-state index contributed by atoms with van der Waals surface area (Å²) in [6, 6.07) is 6.81. The zero-order valence-corrected chi connectivity index (χ0v) is 8.30. The Morgan fingerprint density at radius 3 is 2.53 bits per heavy atom. The topological polar surface area (TPSA) is 65.0 Å². The minimum Gasteiger partial charge on any atom is -0.482 e. The maximum Gasteiger partial charge on any atom is 0.343 e. The van der Waals surface area contributed by atoms with Crippen LogP contribution in [0, 0.1) is 0 Å². The van der Waals surface area contributed by atoms with E-state index in [1.165, 1.54) is 7.11 Å². The van der Waals surface area contributed by atoms with Gasteiger partial charge in [0, 0.05) is 0 Å². The van der Waals surface area contributed by atoms with E-state index in [1.54, 1.807) is 24.3 Å². The van der Waals surface area contributed by atoms with Gasteiger partial charge >= 0.3 is 5.97 Å². The van der Waals surface area contributed by atoms with Crippen molar-refractivity contribution in [3.8, 4) is 5.75 Å². The molecule has 0 radical (unpaired) electrons. The Kier molecular flexibility index (Phi) is 4.59. The van der Waals surface area contributed by atoms with Gasteiger partial charge in [0.15, 0.2) is 6.61 Å². The Balaban J connectivity index is 2.45. The SMILES string of the molecule is COC(=O)COc1ccc(COO)cc1. The van der Waals surface area contributed by atoms with E-state index in [9.17, 15) is 4.79 Å². The molecule has 15 heavy (non-hydrogen) atoms. The Bertz CT molecular complexity index is 306. The molecule has 0 spiro atoms. The Hall–Kier alpha value is -1.59. The lowest BCUT2D eigenvalue weighted by Crippen LogP contribution is -2.12. The summed E-state index contributed by atoms with van der Waals surface area (Å²) in [4.78, 5) is 14.7. The highest BCUT2D eigenvalue weighted by Gasteiger charge is 2.01. The second-order valence-electron chi connectivity index (χ2n) is 2.78. The van der Waals surface area contributed by atoms with E-state index in [0.29, 0.717) is 5.75 Å². The number of esters is 1. The molecule has 0 aliphatic carbocycles. The number of methoxy groups -OCH3 is 1. The molecule has 1 rings (SSSR count). The van der Waals surface area contributed by atoms with Crippen molar-refractivity contribution in [1.29, 1.82) is 0 Å². The molecule has 1 N–H and O–H groups in total. The Morgan fingerprint density at radius 2 is 2.00 bits per heavy atom. The van der Waals surface area contributed by atoms with Crippen LogP contribution in [-0.4, -0.2) is 24.9 Å². The number of hydrogen-bond donors (Lipinski definition) is 1. The highest BCUT2D eigenvalue weighted by Crippen LogP contribution is 2.12. The molecule has 5 nitrogen and oxygen atoms in total. The molecule has 0 amide bonds. The van der Waals surface area contributed by atoms with Gasteiger partial charge in [-0.05, 0) is 17.7 Å². The van der Waals surface area contributed by atoms with Crippen molar-refractivity contribution in [2.75, 3.05) is 13.7 Å². The van der Waals surface area contributed by atoms with Gasteiger partial charge in [-0.15, -0.1) is 0 Å². The van der Waals surface area contributed by atoms with Crippen LogP contribution in [0.15, 0.2) is 24.3 Å². The number of carbonyl (C=O) groups is 1. The maximum absolute atomic E-state index is 10.8. The standard InChI is InChI=1S/C10H12O5/c1-13-10(11)7-14-9-4-2-8(3-5-9)6-15-12/h2-5,12H,6-7H2,1H3. The van der Waals surface area contributed by atoms with Crippen molar-refractivity contribution < 1.29 is 24.4 Å². The summed E-state index contributed by atoms with van der Waals surface area (Å²) in [6.45, 7) is 0.00360. The van der Waals surface area contributed by atoms with Gasteiger partial charge in [-0.1, -0.05) is 12.1 Å². The van der Waals surface area contributed by atoms with E-state index < -0.39 is 5.97 Å². The second-order valence-corrected chi connectivity index (χ2v) is 2.78. The van der Waals surface area contributed by atoms with Crippen LogP contribution in [0.25, 0.3) is 0 Å². The molecule has 0 aliphatic heterocycles. The summed E-state index contributed by atoms with van der Waals surface area (Å²) < 4.78 is 9.53. The Morgan fingerprint density at radius 1 is 1.33 bits per heavy atom.